The number of sulfonamides is 1. The maximum Gasteiger partial charge on any atom is 0.243 e. The zero-order valence-electron chi connectivity index (χ0n) is 13.7. The highest BCUT2D eigenvalue weighted by molar-refractivity contribution is 9.10. The van der Waals surface area contributed by atoms with Crippen molar-refractivity contribution in [3.8, 4) is 0 Å². The number of aromatic nitrogens is 1. The van der Waals surface area contributed by atoms with E-state index in [-0.39, 0.29) is 18.0 Å². The van der Waals surface area contributed by atoms with E-state index in [0.717, 1.165) is 0 Å². The third-order valence-corrected chi connectivity index (χ3v) is 6.11. The van der Waals surface area contributed by atoms with Gasteiger partial charge in [-0.05, 0) is 36.4 Å². The number of hydrogen-bond donors (Lipinski definition) is 0. The second-order valence-corrected chi connectivity index (χ2v) is 8.50. The molecule has 2 aromatic carbocycles. The normalized spacial score (nSPS) is 11.7. The van der Waals surface area contributed by atoms with Crippen molar-refractivity contribution in [3.05, 3.63) is 94.5 Å². The SMILES string of the molecule is O=S(=O)(c1ccccc1)N(Cc1ccccn1)Cc1ccc(Br)cc1F. The van der Waals surface area contributed by atoms with Crippen LogP contribution >= 0.6 is 15.9 Å². The van der Waals surface area contributed by atoms with E-state index >= 15 is 0 Å². The molecular formula is C19H16BrFN2O2S. The molecule has 0 aliphatic rings. The summed E-state index contributed by atoms with van der Waals surface area (Å²) in [6.45, 7) is -0.0412. The maximum atomic E-state index is 14.3. The first-order valence-corrected chi connectivity index (χ1v) is 10.1. The van der Waals surface area contributed by atoms with E-state index in [1.54, 1.807) is 54.7 Å². The van der Waals surface area contributed by atoms with Crippen LogP contribution in [-0.2, 0) is 23.1 Å². The predicted molar refractivity (Wildman–Crippen MR) is 101 cm³/mol. The van der Waals surface area contributed by atoms with Crippen LogP contribution in [0.5, 0.6) is 0 Å². The maximum absolute atomic E-state index is 14.3. The Bertz CT molecular complexity index is 983. The molecule has 0 spiro atoms. The van der Waals surface area contributed by atoms with Crippen molar-refractivity contribution in [2.24, 2.45) is 0 Å². The van der Waals surface area contributed by atoms with Gasteiger partial charge in [-0.1, -0.05) is 46.3 Å². The van der Waals surface area contributed by atoms with Gasteiger partial charge in [-0.25, -0.2) is 12.8 Å². The average Bonchev–Trinajstić information content (AvgIpc) is 2.65. The Balaban J connectivity index is 1.99. The quantitative estimate of drug-likeness (QED) is 0.578. The minimum atomic E-state index is -3.81. The van der Waals surface area contributed by atoms with Crippen LogP contribution < -0.4 is 0 Å². The van der Waals surface area contributed by atoms with E-state index < -0.39 is 15.8 Å². The van der Waals surface area contributed by atoms with Gasteiger partial charge in [0.05, 0.1) is 17.1 Å². The zero-order valence-corrected chi connectivity index (χ0v) is 16.1. The van der Waals surface area contributed by atoms with Crippen LogP contribution in [0.25, 0.3) is 0 Å². The summed E-state index contributed by atoms with van der Waals surface area (Å²) in [5, 5.41) is 0. The van der Waals surface area contributed by atoms with Crippen molar-refractivity contribution in [2.45, 2.75) is 18.0 Å². The Labute approximate surface area is 160 Å². The summed E-state index contributed by atoms with van der Waals surface area (Å²) in [4.78, 5) is 4.36. The fourth-order valence-electron chi connectivity index (χ4n) is 2.48. The second-order valence-electron chi connectivity index (χ2n) is 5.64. The first-order valence-electron chi connectivity index (χ1n) is 7.86. The lowest BCUT2D eigenvalue weighted by atomic mass is 10.2. The molecule has 0 aliphatic heterocycles. The third kappa shape index (κ3) is 4.35. The molecule has 0 amide bonds. The highest BCUT2D eigenvalue weighted by Gasteiger charge is 2.26. The van der Waals surface area contributed by atoms with Crippen LogP contribution in [0.1, 0.15) is 11.3 Å². The van der Waals surface area contributed by atoms with Crippen molar-refractivity contribution >= 4 is 26.0 Å². The van der Waals surface area contributed by atoms with Gasteiger partial charge in [0.25, 0.3) is 0 Å². The first kappa shape index (κ1) is 18.7. The molecule has 3 rings (SSSR count). The zero-order chi connectivity index (χ0) is 18.6. The molecule has 0 fully saturated rings. The molecule has 26 heavy (non-hydrogen) atoms. The summed E-state index contributed by atoms with van der Waals surface area (Å²) in [7, 11) is -3.81. The molecule has 0 saturated heterocycles. The van der Waals surface area contributed by atoms with Gasteiger partial charge in [0.1, 0.15) is 5.82 Å². The van der Waals surface area contributed by atoms with Gasteiger partial charge in [0.2, 0.25) is 10.0 Å². The molecule has 134 valence electrons. The number of pyridine rings is 1. The summed E-state index contributed by atoms with van der Waals surface area (Å²) in [5.74, 6) is -0.464. The van der Waals surface area contributed by atoms with E-state index in [9.17, 15) is 12.8 Å². The fraction of sp³-hybridized carbons (Fsp3) is 0.105. The Hall–Kier alpha value is -2.09. The summed E-state index contributed by atoms with van der Waals surface area (Å²) in [6, 6.07) is 18.0. The third-order valence-electron chi connectivity index (χ3n) is 3.81. The minimum Gasteiger partial charge on any atom is -0.260 e. The molecule has 1 heterocycles. The van der Waals surface area contributed by atoms with Gasteiger partial charge >= 0.3 is 0 Å². The smallest absolute Gasteiger partial charge is 0.243 e. The molecular weight excluding hydrogens is 419 g/mol. The van der Waals surface area contributed by atoms with Crippen LogP contribution in [0.2, 0.25) is 0 Å². The predicted octanol–water partition coefficient (Wildman–Crippen LogP) is 4.37. The van der Waals surface area contributed by atoms with Crippen LogP contribution in [0.15, 0.2) is 82.3 Å². The molecule has 0 bridgehead atoms. The summed E-state index contributed by atoms with van der Waals surface area (Å²) in [6.07, 6.45) is 1.60. The lowest BCUT2D eigenvalue weighted by Crippen LogP contribution is -2.31. The molecule has 0 atom stereocenters. The van der Waals surface area contributed by atoms with E-state index in [4.69, 9.17) is 0 Å². The standard InChI is InChI=1S/C19H16BrFN2O2S/c20-16-10-9-15(19(21)12-16)13-23(14-17-6-4-5-11-22-17)26(24,25)18-7-2-1-3-8-18/h1-12H,13-14H2. The van der Waals surface area contributed by atoms with Gasteiger partial charge in [0.15, 0.2) is 0 Å². The molecule has 0 aliphatic carbocycles. The first-order chi connectivity index (χ1) is 12.5. The number of rotatable bonds is 6. The molecule has 3 aromatic rings. The van der Waals surface area contributed by atoms with Crippen LogP contribution in [0.4, 0.5) is 4.39 Å². The molecule has 4 nitrogen and oxygen atoms in total. The number of halogens is 2. The van der Waals surface area contributed by atoms with Gasteiger partial charge in [-0.3, -0.25) is 4.98 Å². The van der Waals surface area contributed by atoms with Gasteiger partial charge in [0, 0.05) is 22.8 Å². The van der Waals surface area contributed by atoms with E-state index in [1.165, 1.54) is 22.5 Å². The minimum absolute atomic E-state index is 0.0492. The van der Waals surface area contributed by atoms with Gasteiger partial charge in [-0.15, -0.1) is 0 Å². The van der Waals surface area contributed by atoms with Gasteiger partial charge in [-0.2, -0.15) is 4.31 Å². The number of benzene rings is 2. The summed E-state index contributed by atoms with van der Waals surface area (Å²) < 4.78 is 42.3. The molecule has 7 heteroatoms. The Morgan fingerprint density at radius 1 is 0.962 bits per heavy atom. The van der Waals surface area contributed by atoms with Crippen molar-refractivity contribution in [3.63, 3.8) is 0 Å². The molecule has 0 radical (unpaired) electrons. The van der Waals surface area contributed by atoms with E-state index in [2.05, 4.69) is 20.9 Å². The highest BCUT2D eigenvalue weighted by Crippen LogP contribution is 2.23. The largest absolute Gasteiger partial charge is 0.260 e. The number of nitrogens with zero attached hydrogens (tertiary/aromatic N) is 2. The fourth-order valence-corrected chi connectivity index (χ4v) is 4.22. The van der Waals surface area contributed by atoms with E-state index in [1.807, 2.05) is 0 Å². The topological polar surface area (TPSA) is 50.3 Å². The van der Waals surface area contributed by atoms with Crippen LogP contribution in [0, 0.1) is 5.82 Å². The molecule has 0 saturated carbocycles. The molecule has 0 unspecified atom stereocenters. The Morgan fingerprint density at radius 2 is 1.69 bits per heavy atom. The molecule has 0 N–H and O–H groups in total. The van der Waals surface area contributed by atoms with Gasteiger partial charge < -0.3 is 0 Å². The van der Waals surface area contributed by atoms with Crippen molar-refractivity contribution in [1.82, 2.24) is 9.29 Å². The van der Waals surface area contributed by atoms with Crippen molar-refractivity contribution in [1.29, 1.82) is 0 Å². The lowest BCUT2D eigenvalue weighted by molar-refractivity contribution is 0.390. The van der Waals surface area contributed by atoms with Crippen molar-refractivity contribution in [2.75, 3.05) is 0 Å². The molecule has 1 aromatic heterocycles. The van der Waals surface area contributed by atoms with E-state index in [0.29, 0.717) is 15.7 Å². The summed E-state index contributed by atoms with van der Waals surface area (Å²) >= 11 is 3.21. The Morgan fingerprint density at radius 3 is 2.35 bits per heavy atom. The highest BCUT2D eigenvalue weighted by atomic mass is 79.9. The number of hydrogen-bond acceptors (Lipinski definition) is 3. The lowest BCUT2D eigenvalue weighted by Gasteiger charge is -2.22. The Kier molecular flexibility index (Phi) is 5.80. The van der Waals surface area contributed by atoms with Crippen LogP contribution in [0.3, 0.4) is 0 Å². The second kappa shape index (κ2) is 8.07. The average molecular weight is 435 g/mol. The van der Waals surface area contributed by atoms with Crippen molar-refractivity contribution < 1.29 is 12.8 Å². The summed E-state index contributed by atoms with van der Waals surface area (Å²) in [5.41, 5.74) is 0.883. The monoisotopic (exact) mass is 434 g/mol. The van der Waals surface area contributed by atoms with Crippen LogP contribution in [-0.4, -0.2) is 17.7 Å².